The molecule has 1 N–H and O–H groups in total. The molecule has 0 bridgehead atoms. The molecule has 1 aliphatic rings. The minimum atomic E-state index is -4.42. The molecular weight excluding hydrogens is 483 g/mol. The first kappa shape index (κ1) is 24.0. The molecule has 184 valence electrons. The fourth-order valence-electron chi connectivity index (χ4n) is 4.91. The van der Waals surface area contributed by atoms with E-state index in [-0.39, 0.29) is 12.1 Å². The maximum atomic E-state index is 13.4. The fraction of sp³-hybridized carbons (Fsp3) is 0.222. The van der Waals surface area contributed by atoms with Crippen LogP contribution in [-0.4, -0.2) is 24.5 Å². The standard InChI is InChI=1S/C27H24F3N5S/c1-17-13-22(18(2)35(17)21-9-5-8-20(14-21)27(28,29)30)25-24(23-10-3-4-12-32-23)33-26(36)34(25)16-19-7-6-11-31-15-19/h3-15,24-25H,16H2,1-2H3,(H,33,36)/t24-,25+/m1/s1. The van der Waals surface area contributed by atoms with Gasteiger partial charge in [0.1, 0.15) is 0 Å². The molecule has 0 saturated carbocycles. The first-order valence-corrected chi connectivity index (χ1v) is 11.9. The SMILES string of the molecule is Cc1cc([C@H]2[C@@H](c3ccccn3)NC(=S)N2Cc2cccnc2)c(C)n1-c1cccc(C(F)(F)F)c1. The van der Waals surface area contributed by atoms with E-state index in [1.165, 1.54) is 12.1 Å². The monoisotopic (exact) mass is 507 g/mol. The van der Waals surface area contributed by atoms with Crippen molar-refractivity contribution >= 4 is 17.3 Å². The zero-order valence-electron chi connectivity index (χ0n) is 19.7. The molecule has 4 aromatic rings. The van der Waals surface area contributed by atoms with Gasteiger partial charge in [-0.05, 0) is 79.7 Å². The molecule has 0 unspecified atom stereocenters. The highest BCUT2D eigenvalue weighted by Gasteiger charge is 2.41. The van der Waals surface area contributed by atoms with Gasteiger partial charge >= 0.3 is 6.18 Å². The normalized spacial score (nSPS) is 17.9. The molecule has 0 radical (unpaired) electrons. The number of halogens is 3. The van der Waals surface area contributed by atoms with E-state index < -0.39 is 11.7 Å². The van der Waals surface area contributed by atoms with E-state index in [2.05, 4.69) is 20.2 Å². The molecule has 1 saturated heterocycles. The van der Waals surface area contributed by atoms with Crippen molar-refractivity contribution in [3.63, 3.8) is 0 Å². The lowest BCUT2D eigenvalue weighted by Crippen LogP contribution is -2.29. The van der Waals surface area contributed by atoms with E-state index in [0.29, 0.717) is 17.3 Å². The molecule has 1 fully saturated rings. The number of aromatic nitrogens is 3. The number of thiocarbonyl (C=S) groups is 1. The zero-order valence-corrected chi connectivity index (χ0v) is 20.5. The highest BCUT2D eigenvalue weighted by atomic mass is 32.1. The van der Waals surface area contributed by atoms with Crippen molar-refractivity contribution in [2.75, 3.05) is 0 Å². The molecule has 0 aliphatic carbocycles. The number of alkyl halides is 3. The van der Waals surface area contributed by atoms with Gasteiger partial charge in [0.25, 0.3) is 0 Å². The maximum Gasteiger partial charge on any atom is 0.416 e. The highest BCUT2D eigenvalue weighted by molar-refractivity contribution is 7.80. The summed E-state index contributed by atoms with van der Waals surface area (Å²) in [5, 5.41) is 4.02. The second kappa shape index (κ2) is 9.39. The van der Waals surface area contributed by atoms with Crippen molar-refractivity contribution in [3.05, 3.63) is 113 Å². The summed E-state index contributed by atoms with van der Waals surface area (Å²) in [6.07, 6.45) is 0.855. The predicted molar refractivity (Wildman–Crippen MR) is 135 cm³/mol. The van der Waals surface area contributed by atoms with Gasteiger partial charge in [-0.1, -0.05) is 18.2 Å². The van der Waals surface area contributed by atoms with Gasteiger partial charge in [-0.25, -0.2) is 0 Å². The molecular formula is C27H24F3N5S. The molecule has 5 nitrogen and oxygen atoms in total. The van der Waals surface area contributed by atoms with Gasteiger partial charge in [0.15, 0.2) is 5.11 Å². The Morgan fingerprint density at radius 2 is 1.83 bits per heavy atom. The summed E-state index contributed by atoms with van der Waals surface area (Å²) in [7, 11) is 0. The van der Waals surface area contributed by atoms with Gasteiger partial charge in [-0.2, -0.15) is 13.2 Å². The number of benzene rings is 1. The van der Waals surface area contributed by atoms with Crippen molar-refractivity contribution in [2.45, 2.75) is 38.7 Å². The Morgan fingerprint density at radius 1 is 1.00 bits per heavy atom. The first-order valence-electron chi connectivity index (χ1n) is 11.5. The summed E-state index contributed by atoms with van der Waals surface area (Å²) < 4.78 is 42.1. The summed E-state index contributed by atoms with van der Waals surface area (Å²) in [5.74, 6) is 0. The molecule has 9 heteroatoms. The smallest absolute Gasteiger partial charge is 0.352 e. The van der Waals surface area contributed by atoms with Crippen LogP contribution in [-0.2, 0) is 12.7 Å². The lowest BCUT2D eigenvalue weighted by Gasteiger charge is -2.28. The third-order valence-corrected chi connectivity index (χ3v) is 6.85. The number of aryl methyl sites for hydroxylation is 1. The van der Waals surface area contributed by atoms with Crippen LogP contribution in [0.15, 0.2) is 79.3 Å². The quantitative estimate of drug-likeness (QED) is 0.332. The molecule has 1 aliphatic heterocycles. The van der Waals surface area contributed by atoms with Crippen molar-refractivity contribution < 1.29 is 13.2 Å². The molecule has 0 amide bonds. The topological polar surface area (TPSA) is 46.0 Å². The number of nitrogens with zero attached hydrogens (tertiary/aromatic N) is 4. The van der Waals surface area contributed by atoms with Crippen LogP contribution in [0, 0.1) is 13.8 Å². The maximum absolute atomic E-state index is 13.4. The lowest BCUT2D eigenvalue weighted by atomic mass is 9.96. The highest BCUT2D eigenvalue weighted by Crippen LogP contribution is 2.42. The van der Waals surface area contributed by atoms with E-state index in [9.17, 15) is 13.2 Å². The number of rotatable bonds is 5. The van der Waals surface area contributed by atoms with Crippen LogP contribution in [0.1, 0.15) is 45.9 Å². The van der Waals surface area contributed by atoms with Crippen molar-refractivity contribution in [1.82, 2.24) is 24.8 Å². The van der Waals surface area contributed by atoms with Crippen LogP contribution in [0.2, 0.25) is 0 Å². The van der Waals surface area contributed by atoms with Gasteiger partial charge in [0.05, 0.1) is 23.3 Å². The summed E-state index contributed by atoms with van der Waals surface area (Å²) in [6, 6.07) is 16.6. The molecule has 5 rings (SSSR count). The molecule has 4 heterocycles. The van der Waals surface area contributed by atoms with Gasteiger partial charge in [-0.3, -0.25) is 9.97 Å². The van der Waals surface area contributed by atoms with E-state index in [4.69, 9.17) is 12.2 Å². The third-order valence-electron chi connectivity index (χ3n) is 6.49. The Hall–Kier alpha value is -3.72. The van der Waals surface area contributed by atoms with Gasteiger partial charge < -0.3 is 14.8 Å². The van der Waals surface area contributed by atoms with E-state index >= 15 is 0 Å². The Balaban J connectivity index is 1.62. The summed E-state index contributed by atoms with van der Waals surface area (Å²) in [4.78, 5) is 10.9. The minimum Gasteiger partial charge on any atom is -0.352 e. The molecule has 36 heavy (non-hydrogen) atoms. The second-order valence-corrected chi connectivity index (χ2v) is 9.21. The van der Waals surface area contributed by atoms with Gasteiger partial charge in [0, 0.05) is 42.2 Å². The Bertz CT molecular complexity index is 1390. The average Bonchev–Trinajstić information content (AvgIpc) is 3.34. The largest absolute Gasteiger partial charge is 0.416 e. The number of pyridine rings is 2. The Morgan fingerprint density at radius 3 is 2.53 bits per heavy atom. The van der Waals surface area contributed by atoms with E-state index in [1.54, 1.807) is 24.7 Å². The molecule has 0 spiro atoms. The molecule has 3 aromatic heterocycles. The third kappa shape index (κ3) is 4.46. The Labute approximate surface area is 212 Å². The zero-order chi connectivity index (χ0) is 25.4. The predicted octanol–water partition coefficient (Wildman–Crippen LogP) is 6.08. The average molecular weight is 508 g/mol. The van der Waals surface area contributed by atoms with Crippen LogP contribution >= 0.6 is 12.2 Å². The van der Waals surface area contributed by atoms with Crippen LogP contribution in [0.5, 0.6) is 0 Å². The summed E-state index contributed by atoms with van der Waals surface area (Å²) in [5.41, 5.74) is 4.27. The van der Waals surface area contributed by atoms with Crippen LogP contribution in [0.3, 0.4) is 0 Å². The molecule has 1 aromatic carbocycles. The summed E-state index contributed by atoms with van der Waals surface area (Å²) in [6.45, 7) is 4.36. The van der Waals surface area contributed by atoms with Crippen LogP contribution < -0.4 is 5.32 Å². The van der Waals surface area contributed by atoms with Crippen molar-refractivity contribution in [3.8, 4) is 5.69 Å². The first-order chi connectivity index (χ1) is 17.2. The van der Waals surface area contributed by atoms with Crippen molar-refractivity contribution in [1.29, 1.82) is 0 Å². The number of nitrogens with one attached hydrogen (secondary N) is 1. The number of hydrogen-bond acceptors (Lipinski definition) is 3. The van der Waals surface area contributed by atoms with Crippen LogP contribution in [0.4, 0.5) is 13.2 Å². The van der Waals surface area contributed by atoms with Gasteiger partial charge in [0.2, 0.25) is 0 Å². The van der Waals surface area contributed by atoms with Crippen LogP contribution in [0.25, 0.3) is 5.69 Å². The van der Waals surface area contributed by atoms with Crippen molar-refractivity contribution in [2.24, 2.45) is 0 Å². The molecule has 2 atom stereocenters. The number of hydrogen-bond donors (Lipinski definition) is 1. The Kier molecular flexibility index (Phi) is 6.26. The lowest BCUT2D eigenvalue weighted by molar-refractivity contribution is -0.137. The summed E-state index contributed by atoms with van der Waals surface area (Å²) >= 11 is 5.76. The van der Waals surface area contributed by atoms with Gasteiger partial charge in [-0.15, -0.1) is 0 Å². The minimum absolute atomic E-state index is 0.224. The van der Waals surface area contributed by atoms with E-state index in [0.717, 1.165) is 34.3 Å². The van der Waals surface area contributed by atoms with E-state index in [1.807, 2.05) is 54.8 Å². The fourth-order valence-corrected chi connectivity index (χ4v) is 5.21. The second-order valence-electron chi connectivity index (χ2n) is 8.83.